The molecule has 0 aromatic heterocycles. The van der Waals surface area contributed by atoms with Crippen molar-refractivity contribution in [3.63, 3.8) is 0 Å². The molecule has 0 aliphatic rings. The highest BCUT2D eigenvalue weighted by atomic mass is 19.4. The van der Waals surface area contributed by atoms with Crippen molar-refractivity contribution >= 4 is 0 Å². The van der Waals surface area contributed by atoms with E-state index in [1.807, 2.05) is 0 Å². The molecule has 0 saturated heterocycles. The third-order valence-corrected chi connectivity index (χ3v) is 2.18. The number of rotatable bonds is 5. The molecular weight excluding hydrogens is 347 g/mol. The van der Waals surface area contributed by atoms with Crippen LogP contribution in [0.3, 0.4) is 0 Å². The maximum absolute atomic E-state index is 12.6. The summed E-state index contributed by atoms with van der Waals surface area (Å²) < 4.78 is 159. The monoisotopic (exact) mass is 349 g/mol. The lowest BCUT2D eigenvalue weighted by Gasteiger charge is -2.39. The van der Waals surface area contributed by atoms with Crippen LogP contribution in [0.1, 0.15) is 0 Å². The molecule has 0 N–H and O–H groups in total. The Hall–Kier alpha value is -0.950. The van der Waals surface area contributed by atoms with Gasteiger partial charge in [0.25, 0.3) is 0 Å². The summed E-state index contributed by atoms with van der Waals surface area (Å²) >= 11 is 0. The molecule has 0 heterocycles. The van der Waals surface area contributed by atoms with Crippen molar-refractivity contribution in [2.45, 2.75) is 35.8 Å². The number of hydrogen-bond acceptors (Lipinski definition) is 0. The summed E-state index contributed by atoms with van der Waals surface area (Å²) in [6.45, 7) is -3.46. The zero-order chi connectivity index (χ0) is 17.7. The molecule has 0 aliphatic heterocycles. The number of halogens is 13. The van der Waals surface area contributed by atoms with Crippen molar-refractivity contribution in [3.05, 3.63) is 0 Å². The zero-order valence-electron chi connectivity index (χ0n) is 9.03. The molecule has 0 unspecified atom stereocenters. The topological polar surface area (TPSA) is 19.9 Å². The van der Waals surface area contributed by atoms with Crippen LogP contribution in [0.25, 0.3) is 0 Å². The molecule has 0 fully saturated rings. The van der Waals surface area contributed by atoms with E-state index in [1.165, 1.54) is 0 Å². The molecule has 0 bridgehead atoms. The molecular formula is C7H2F13O. The van der Waals surface area contributed by atoms with E-state index in [1.54, 1.807) is 0 Å². The van der Waals surface area contributed by atoms with E-state index in [0.29, 0.717) is 0 Å². The standard InChI is InChI=1S/C7H2F13O/c8-2(9,1-21)3(10,11)4(12,13)5(14,15)6(16,17)7(18,19)20/h1H2. The zero-order valence-corrected chi connectivity index (χ0v) is 9.03. The van der Waals surface area contributed by atoms with E-state index in [-0.39, 0.29) is 0 Å². The second kappa shape index (κ2) is 4.78. The molecule has 0 amide bonds. The molecule has 0 atom stereocenters. The Kier molecular flexibility index (Phi) is 4.56. The van der Waals surface area contributed by atoms with Crippen LogP contribution in [-0.2, 0) is 5.11 Å². The Morgan fingerprint density at radius 2 is 0.762 bits per heavy atom. The van der Waals surface area contributed by atoms with Crippen LogP contribution >= 0.6 is 0 Å². The van der Waals surface area contributed by atoms with E-state index < -0.39 is 42.4 Å². The van der Waals surface area contributed by atoms with Gasteiger partial charge in [-0.05, 0) is 0 Å². The summed E-state index contributed by atoms with van der Waals surface area (Å²) in [6, 6.07) is 0. The molecule has 0 rings (SSSR count). The maximum Gasteiger partial charge on any atom is 0.460 e. The summed E-state index contributed by atoms with van der Waals surface area (Å²) in [7, 11) is 0. The molecule has 0 spiro atoms. The number of hydrogen-bond donors (Lipinski definition) is 0. The Morgan fingerprint density at radius 1 is 0.476 bits per heavy atom. The Bertz CT molecular complexity index is 380. The lowest BCUT2D eigenvalue weighted by atomic mass is 9.94. The minimum Gasteiger partial charge on any atom is -0.230 e. The normalized spacial score (nSPS) is 16.3. The van der Waals surface area contributed by atoms with Gasteiger partial charge in [-0.3, -0.25) is 0 Å². The summed E-state index contributed by atoms with van der Waals surface area (Å²) in [6.07, 6.45) is -7.44. The van der Waals surface area contributed by atoms with Gasteiger partial charge in [0.05, 0.1) is 0 Å². The van der Waals surface area contributed by atoms with Gasteiger partial charge in [0.2, 0.25) is 0 Å². The van der Waals surface area contributed by atoms with E-state index in [9.17, 15) is 62.2 Å². The van der Waals surface area contributed by atoms with E-state index in [4.69, 9.17) is 0 Å². The fourth-order valence-corrected chi connectivity index (χ4v) is 0.893. The summed E-state index contributed by atoms with van der Waals surface area (Å²) in [4.78, 5) is 0. The van der Waals surface area contributed by atoms with Crippen molar-refractivity contribution in [1.82, 2.24) is 0 Å². The molecule has 0 aliphatic carbocycles. The maximum atomic E-state index is 12.6. The molecule has 1 nitrogen and oxygen atoms in total. The molecule has 0 aromatic carbocycles. The fourth-order valence-electron chi connectivity index (χ4n) is 0.893. The van der Waals surface area contributed by atoms with Crippen LogP contribution in [-0.4, -0.2) is 42.4 Å². The van der Waals surface area contributed by atoms with E-state index >= 15 is 0 Å². The highest BCUT2D eigenvalue weighted by Gasteiger charge is 2.90. The van der Waals surface area contributed by atoms with Crippen molar-refractivity contribution in [2.75, 3.05) is 6.61 Å². The molecule has 0 saturated carbocycles. The summed E-state index contributed by atoms with van der Waals surface area (Å²) in [5, 5.41) is 9.60. The fraction of sp³-hybridized carbons (Fsp3) is 1.00. The lowest BCUT2D eigenvalue weighted by molar-refractivity contribution is -0.441. The first-order chi connectivity index (χ1) is 8.81. The quantitative estimate of drug-likeness (QED) is 0.665. The van der Waals surface area contributed by atoms with Crippen LogP contribution in [0, 0.1) is 0 Å². The van der Waals surface area contributed by atoms with E-state index in [0.717, 1.165) is 0 Å². The first kappa shape index (κ1) is 20.1. The Labute approximate surface area is 106 Å². The summed E-state index contributed by atoms with van der Waals surface area (Å²) in [5.41, 5.74) is 0. The van der Waals surface area contributed by atoms with Gasteiger partial charge in [-0.2, -0.15) is 57.1 Å². The van der Waals surface area contributed by atoms with Crippen molar-refractivity contribution in [2.24, 2.45) is 0 Å². The largest absolute Gasteiger partial charge is 0.460 e. The molecule has 1 radical (unpaired) electrons. The first-order valence-corrected chi connectivity index (χ1v) is 4.35. The smallest absolute Gasteiger partial charge is 0.230 e. The number of alkyl halides is 13. The third kappa shape index (κ3) is 2.50. The Morgan fingerprint density at radius 3 is 1.00 bits per heavy atom. The van der Waals surface area contributed by atoms with Gasteiger partial charge in [0.1, 0.15) is 0 Å². The van der Waals surface area contributed by atoms with Crippen LogP contribution in [0.15, 0.2) is 0 Å². The minimum atomic E-state index is -7.94. The molecule has 127 valence electrons. The van der Waals surface area contributed by atoms with Crippen molar-refractivity contribution < 1.29 is 62.2 Å². The SMILES string of the molecule is [O]CC(F)(F)C(F)(F)C(F)(F)C(F)(F)C(F)(F)C(F)(F)F. The highest BCUT2D eigenvalue weighted by Crippen LogP contribution is 2.60. The van der Waals surface area contributed by atoms with Crippen molar-refractivity contribution in [1.29, 1.82) is 0 Å². The third-order valence-electron chi connectivity index (χ3n) is 2.18. The van der Waals surface area contributed by atoms with Crippen LogP contribution in [0.2, 0.25) is 0 Å². The lowest BCUT2D eigenvalue weighted by Crippen LogP contribution is -2.70. The van der Waals surface area contributed by atoms with Crippen LogP contribution < -0.4 is 0 Å². The van der Waals surface area contributed by atoms with Gasteiger partial charge >= 0.3 is 35.8 Å². The average molecular weight is 349 g/mol. The predicted octanol–water partition coefficient (Wildman–Crippen LogP) is 4.16. The van der Waals surface area contributed by atoms with E-state index in [2.05, 4.69) is 0 Å². The van der Waals surface area contributed by atoms with Crippen LogP contribution in [0.5, 0.6) is 0 Å². The van der Waals surface area contributed by atoms with Crippen LogP contribution in [0.4, 0.5) is 57.1 Å². The van der Waals surface area contributed by atoms with Gasteiger partial charge in [-0.1, -0.05) is 0 Å². The minimum absolute atomic E-state index is 3.46. The van der Waals surface area contributed by atoms with Gasteiger partial charge in [0.15, 0.2) is 6.61 Å². The molecule has 14 heteroatoms. The molecule has 21 heavy (non-hydrogen) atoms. The second-order valence-corrected chi connectivity index (χ2v) is 3.64. The molecule has 0 aromatic rings. The van der Waals surface area contributed by atoms with Crippen molar-refractivity contribution in [3.8, 4) is 0 Å². The average Bonchev–Trinajstić information content (AvgIpc) is 2.26. The first-order valence-electron chi connectivity index (χ1n) is 4.35. The Balaban J connectivity index is 6.14. The summed E-state index contributed by atoms with van der Waals surface area (Å²) in [5.74, 6) is -37.5. The van der Waals surface area contributed by atoms with Gasteiger partial charge in [0, 0.05) is 0 Å². The predicted molar refractivity (Wildman–Crippen MR) is 36.3 cm³/mol. The van der Waals surface area contributed by atoms with Gasteiger partial charge in [-0.15, -0.1) is 0 Å². The van der Waals surface area contributed by atoms with Gasteiger partial charge < -0.3 is 0 Å². The van der Waals surface area contributed by atoms with Gasteiger partial charge in [-0.25, -0.2) is 5.11 Å². The highest BCUT2D eigenvalue weighted by molar-refractivity contribution is 5.10. The second-order valence-electron chi connectivity index (χ2n) is 3.64.